The highest BCUT2D eigenvalue weighted by molar-refractivity contribution is 5.97. The number of hydrogen-bond donors (Lipinski definition) is 2. The van der Waals surface area contributed by atoms with Crippen LogP contribution >= 0.6 is 0 Å². The van der Waals surface area contributed by atoms with Crippen molar-refractivity contribution in [2.24, 2.45) is 5.73 Å². The summed E-state index contributed by atoms with van der Waals surface area (Å²) in [6.45, 7) is 5.75. The molecule has 0 saturated heterocycles. The quantitative estimate of drug-likeness (QED) is 0.887. The van der Waals surface area contributed by atoms with E-state index in [-0.39, 0.29) is 17.2 Å². The lowest BCUT2D eigenvalue weighted by atomic mass is 10.1. The number of aryl methyl sites for hydroxylation is 1. The smallest absolute Gasteiger partial charge is 0.254 e. The maximum atomic E-state index is 11.2. The van der Waals surface area contributed by atoms with Crippen molar-refractivity contribution in [3.8, 4) is 17.1 Å². The Balaban J connectivity index is 2.60. The number of aromatic nitrogens is 1. The molecular formula is C14H16N2O3. The Morgan fingerprint density at radius 3 is 2.63 bits per heavy atom. The number of furan rings is 1. The number of nitrogens with two attached hydrogens (primary N) is 1. The van der Waals surface area contributed by atoms with Crippen molar-refractivity contribution in [2.75, 3.05) is 0 Å². The molecule has 19 heavy (non-hydrogen) atoms. The van der Waals surface area contributed by atoms with Gasteiger partial charge in [0.25, 0.3) is 5.91 Å². The molecule has 100 valence electrons. The summed E-state index contributed by atoms with van der Waals surface area (Å²) in [6.07, 6.45) is 1.27. The van der Waals surface area contributed by atoms with Gasteiger partial charge in [0.2, 0.25) is 0 Å². The van der Waals surface area contributed by atoms with Gasteiger partial charge in [-0.3, -0.25) is 9.78 Å². The molecule has 2 aromatic rings. The molecular weight excluding hydrogens is 244 g/mol. The minimum Gasteiger partial charge on any atom is -0.506 e. The summed E-state index contributed by atoms with van der Waals surface area (Å²) in [5, 5.41) is 10.1. The summed E-state index contributed by atoms with van der Waals surface area (Å²) >= 11 is 0. The Kier molecular flexibility index (Phi) is 3.29. The van der Waals surface area contributed by atoms with E-state index in [4.69, 9.17) is 10.2 Å². The lowest BCUT2D eigenvalue weighted by Gasteiger charge is -2.08. The van der Waals surface area contributed by atoms with Crippen molar-refractivity contribution < 1.29 is 14.3 Å². The predicted molar refractivity (Wildman–Crippen MR) is 70.9 cm³/mol. The molecule has 0 unspecified atom stereocenters. The largest absolute Gasteiger partial charge is 0.506 e. The van der Waals surface area contributed by atoms with Gasteiger partial charge in [-0.15, -0.1) is 0 Å². The van der Waals surface area contributed by atoms with Crippen molar-refractivity contribution in [1.82, 2.24) is 4.98 Å². The van der Waals surface area contributed by atoms with E-state index in [0.717, 1.165) is 5.76 Å². The molecule has 5 nitrogen and oxygen atoms in total. The highest BCUT2D eigenvalue weighted by Crippen LogP contribution is 2.36. The fraction of sp³-hybridized carbons (Fsp3) is 0.286. The minimum absolute atomic E-state index is 0.0110. The van der Waals surface area contributed by atoms with E-state index in [2.05, 4.69) is 4.98 Å². The van der Waals surface area contributed by atoms with Crippen LogP contribution in [0.25, 0.3) is 11.3 Å². The molecule has 0 saturated carbocycles. The Morgan fingerprint density at radius 1 is 1.42 bits per heavy atom. The molecule has 0 bridgehead atoms. The van der Waals surface area contributed by atoms with Gasteiger partial charge in [0, 0.05) is 12.1 Å². The Morgan fingerprint density at radius 2 is 2.11 bits per heavy atom. The van der Waals surface area contributed by atoms with E-state index >= 15 is 0 Å². The number of primary amides is 1. The third-order valence-electron chi connectivity index (χ3n) is 2.95. The van der Waals surface area contributed by atoms with Gasteiger partial charge in [-0.25, -0.2) is 0 Å². The highest BCUT2D eigenvalue weighted by Gasteiger charge is 2.19. The van der Waals surface area contributed by atoms with Crippen molar-refractivity contribution in [2.45, 2.75) is 26.7 Å². The third-order valence-corrected chi connectivity index (χ3v) is 2.95. The number of amides is 1. The van der Waals surface area contributed by atoms with Gasteiger partial charge in [-0.05, 0) is 19.1 Å². The first-order chi connectivity index (χ1) is 8.91. The first-order valence-electron chi connectivity index (χ1n) is 6.00. The summed E-state index contributed by atoms with van der Waals surface area (Å²) in [5.74, 6) is 0.614. The number of carbonyl (C=O) groups is 1. The minimum atomic E-state index is -0.720. The molecule has 0 aliphatic carbocycles. The summed E-state index contributed by atoms with van der Waals surface area (Å²) in [5.41, 5.74) is 6.17. The van der Waals surface area contributed by atoms with E-state index in [1.54, 1.807) is 13.0 Å². The van der Waals surface area contributed by atoms with Crippen LogP contribution in [0.15, 0.2) is 22.7 Å². The van der Waals surface area contributed by atoms with Crippen LogP contribution < -0.4 is 5.73 Å². The Hall–Kier alpha value is -2.30. The zero-order valence-corrected chi connectivity index (χ0v) is 11.1. The van der Waals surface area contributed by atoms with E-state index in [0.29, 0.717) is 17.0 Å². The Labute approximate surface area is 111 Å². The van der Waals surface area contributed by atoms with Crippen molar-refractivity contribution in [3.63, 3.8) is 0 Å². The normalized spacial score (nSPS) is 10.9. The van der Waals surface area contributed by atoms with E-state index < -0.39 is 5.91 Å². The van der Waals surface area contributed by atoms with Gasteiger partial charge < -0.3 is 15.3 Å². The van der Waals surface area contributed by atoms with Crippen LogP contribution in [0.5, 0.6) is 5.75 Å². The van der Waals surface area contributed by atoms with Crippen LogP contribution in [-0.4, -0.2) is 16.0 Å². The van der Waals surface area contributed by atoms with Crippen LogP contribution in [0.2, 0.25) is 0 Å². The van der Waals surface area contributed by atoms with Crippen LogP contribution in [0.1, 0.15) is 41.6 Å². The molecule has 0 atom stereocenters. The average Bonchev–Trinajstić information content (AvgIpc) is 2.78. The first-order valence-corrected chi connectivity index (χ1v) is 6.00. The average molecular weight is 260 g/mol. The van der Waals surface area contributed by atoms with Crippen LogP contribution in [0, 0.1) is 6.92 Å². The van der Waals surface area contributed by atoms with Gasteiger partial charge >= 0.3 is 0 Å². The van der Waals surface area contributed by atoms with Gasteiger partial charge in [0.05, 0.1) is 16.8 Å². The van der Waals surface area contributed by atoms with E-state index in [1.165, 1.54) is 6.20 Å². The molecule has 0 radical (unpaired) electrons. The fourth-order valence-electron chi connectivity index (χ4n) is 1.87. The third kappa shape index (κ3) is 2.31. The lowest BCUT2D eigenvalue weighted by molar-refractivity contribution is 0.0997. The molecule has 3 N–H and O–H groups in total. The van der Waals surface area contributed by atoms with Gasteiger partial charge in [-0.1, -0.05) is 13.8 Å². The van der Waals surface area contributed by atoms with Crippen molar-refractivity contribution >= 4 is 5.91 Å². The number of hydrogen-bond acceptors (Lipinski definition) is 4. The highest BCUT2D eigenvalue weighted by atomic mass is 16.3. The van der Waals surface area contributed by atoms with Gasteiger partial charge in [0.1, 0.15) is 17.3 Å². The molecule has 0 spiro atoms. The molecule has 2 rings (SSSR count). The Bertz CT molecular complexity index is 630. The number of aromatic hydroxyl groups is 1. The molecule has 5 heteroatoms. The number of nitrogens with zero attached hydrogens (tertiary/aromatic N) is 1. The van der Waals surface area contributed by atoms with E-state index in [1.807, 2.05) is 19.9 Å². The zero-order valence-electron chi connectivity index (χ0n) is 11.1. The van der Waals surface area contributed by atoms with Crippen LogP contribution in [0.4, 0.5) is 0 Å². The second-order valence-electron chi connectivity index (χ2n) is 4.70. The van der Waals surface area contributed by atoms with Gasteiger partial charge in [0.15, 0.2) is 0 Å². The first kappa shape index (κ1) is 13.1. The number of carbonyl (C=O) groups excluding carboxylic acids is 1. The summed E-state index contributed by atoms with van der Waals surface area (Å²) in [4.78, 5) is 15.3. The predicted octanol–water partition coefficient (Wildman–Crippen LogP) is 2.58. The SMILES string of the molecule is Cc1ncc(C(N)=O)c(O)c1-c1ccc(C(C)C)o1. The van der Waals surface area contributed by atoms with E-state index in [9.17, 15) is 9.90 Å². The second kappa shape index (κ2) is 4.76. The fourth-order valence-corrected chi connectivity index (χ4v) is 1.87. The molecule has 0 aliphatic heterocycles. The zero-order chi connectivity index (χ0) is 14.2. The lowest BCUT2D eigenvalue weighted by Crippen LogP contribution is -2.12. The standard InChI is InChI=1S/C14H16N2O3/c1-7(2)10-4-5-11(19-10)12-8(3)16-6-9(13(12)17)14(15)18/h4-7H,1-3H3,(H2,15,18)(H,16,17). The topological polar surface area (TPSA) is 89.3 Å². The molecule has 2 aromatic heterocycles. The number of rotatable bonds is 3. The summed E-state index contributed by atoms with van der Waals surface area (Å²) < 4.78 is 5.68. The van der Waals surface area contributed by atoms with Crippen molar-refractivity contribution in [3.05, 3.63) is 35.3 Å². The monoisotopic (exact) mass is 260 g/mol. The van der Waals surface area contributed by atoms with Crippen molar-refractivity contribution in [1.29, 1.82) is 0 Å². The molecule has 2 heterocycles. The van der Waals surface area contributed by atoms with Crippen LogP contribution in [-0.2, 0) is 0 Å². The maximum Gasteiger partial charge on any atom is 0.254 e. The summed E-state index contributed by atoms with van der Waals surface area (Å²) in [7, 11) is 0. The molecule has 0 aliphatic rings. The molecule has 0 aromatic carbocycles. The maximum absolute atomic E-state index is 11.2. The second-order valence-corrected chi connectivity index (χ2v) is 4.70. The number of pyridine rings is 1. The van der Waals surface area contributed by atoms with Gasteiger partial charge in [-0.2, -0.15) is 0 Å². The van der Waals surface area contributed by atoms with Crippen LogP contribution in [0.3, 0.4) is 0 Å². The molecule has 1 amide bonds. The summed E-state index contributed by atoms with van der Waals surface area (Å²) in [6, 6.07) is 3.60. The molecule has 0 fully saturated rings.